The maximum atomic E-state index is 13.0. The number of carbonyl (C=O) groups excluding carboxylic acids is 2. The minimum Gasteiger partial charge on any atom is -0.326 e. The number of nitrogens with one attached hydrogen (secondary N) is 1. The van der Waals surface area contributed by atoms with E-state index < -0.39 is 5.92 Å². The number of aryl methyl sites for hydroxylation is 1. The van der Waals surface area contributed by atoms with Gasteiger partial charge in [-0.15, -0.1) is 0 Å². The molecule has 4 aromatic rings. The van der Waals surface area contributed by atoms with Crippen molar-refractivity contribution in [2.45, 2.75) is 13.3 Å². The zero-order valence-corrected chi connectivity index (χ0v) is 17.0. The zero-order valence-electron chi connectivity index (χ0n) is 17.0. The Morgan fingerprint density at radius 3 is 2.77 bits per heavy atom. The van der Waals surface area contributed by atoms with E-state index >= 15 is 0 Å². The number of para-hydroxylation sites is 1. The molecular formula is C24H21N5O2. The van der Waals surface area contributed by atoms with Crippen LogP contribution < -0.4 is 10.2 Å². The molecule has 1 aliphatic heterocycles. The third-order valence-electron chi connectivity index (χ3n) is 5.59. The number of nitrogens with zero attached hydrogens (tertiary/aromatic N) is 4. The van der Waals surface area contributed by atoms with Gasteiger partial charge >= 0.3 is 0 Å². The van der Waals surface area contributed by atoms with Crippen LogP contribution in [0.1, 0.15) is 12.0 Å². The highest BCUT2D eigenvalue weighted by Crippen LogP contribution is 2.28. The molecule has 0 unspecified atom stereocenters. The number of hydrogen-bond donors (Lipinski definition) is 1. The summed E-state index contributed by atoms with van der Waals surface area (Å²) in [5, 5.41) is 3.02. The maximum absolute atomic E-state index is 13.0. The molecule has 5 rings (SSSR count). The molecule has 154 valence electrons. The summed E-state index contributed by atoms with van der Waals surface area (Å²) < 4.78 is 1.86. The Hall–Kier alpha value is -4.00. The second-order valence-electron chi connectivity index (χ2n) is 7.71. The lowest BCUT2D eigenvalue weighted by Gasteiger charge is -2.17. The fourth-order valence-electron chi connectivity index (χ4n) is 3.86. The van der Waals surface area contributed by atoms with Crippen LogP contribution in [0.4, 0.5) is 11.4 Å². The second-order valence-corrected chi connectivity index (χ2v) is 7.71. The van der Waals surface area contributed by atoms with Crippen molar-refractivity contribution in [3.05, 3.63) is 78.8 Å². The molecule has 1 aliphatic rings. The van der Waals surface area contributed by atoms with Crippen molar-refractivity contribution in [3.63, 3.8) is 0 Å². The van der Waals surface area contributed by atoms with Gasteiger partial charge in [-0.3, -0.25) is 14.0 Å². The average molecular weight is 411 g/mol. The third kappa shape index (κ3) is 3.66. The van der Waals surface area contributed by atoms with Gasteiger partial charge in [0.2, 0.25) is 17.6 Å². The van der Waals surface area contributed by atoms with Gasteiger partial charge in [0.1, 0.15) is 0 Å². The highest BCUT2D eigenvalue weighted by atomic mass is 16.2. The Morgan fingerprint density at radius 2 is 1.97 bits per heavy atom. The molecule has 2 aromatic heterocycles. The molecule has 2 amide bonds. The van der Waals surface area contributed by atoms with Crippen LogP contribution in [-0.4, -0.2) is 32.7 Å². The van der Waals surface area contributed by atoms with E-state index in [9.17, 15) is 9.59 Å². The van der Waals surface area contributed by atoms with Crippen LogP contribution in [0.15, 0.2) is 73.2 Å². The molecule has 7 nitrogen and oxygen atoms in total. The van der Waals surface area contributed by atoms with Crippen molar-refractivity contribution >= 4 is 29.0 Å². The molecule has 1 atom stereocenters. The fraction of sp³-hybridized carbons (Fsp3) is 0.167. The molecule has 0 bridgehead atoms. The molecule has 1 N–H and O–H groups in total. The summed E-state index contributed by atoms with van der Waals surface area (Å²) in [4.78, 5) is 35.9. The van der Waals surface area contributed by atoms with Gasteiger partial charge in [0.05, 0.1) is 11.6 Å². The van der Waals surface area contributed by atoms with Crippen molar-refractivity contribution in [3.8, 4) is 11.3 Å². The van der Waals surface area contributed by atoms with E-state index in [2.05, 4.69) is 15.3 Å². The van der Waals surface area contributed by atoms with Crippen molar-refractivity contribution in [2.24, 2.45) is 5.92 Å². The zero-order chi connectivity index (χ0) is 21.4. The van der Waals surface area contributed by atoms with E-state index in [0.717, 1.165) is 28.2 Å². The first-order chi connectivity index (χ1) is 15.1. The van der Waals surface area contributed by atoms with Crippen LogP contribution >= 0.6 is 0 Å². The number of aromatic nitrogens is 3. The molecule has 7 heteroatoms. The summed E-state index contributed by atoms with van der Waals surface area (Å²) in [7, 11) is 0. The Kier molecular flexibility index (Phi) is 4.71. The van der Waals surface area contributed by atoms with Crippen LogP contribution in [0.2, 0.25) is 0 Å². The quantitative estimate of drug-likeness (QED) is 0.555. The number of carbonyl (C=O) groups is 2. The second kappa shape index (κ2) is 7.68. The van der Waals surface area contributed by atoms with E-state index in [1.807, 2.05) is 78.3 Å². The monoisotopic (exact) mass is 411 g/mol. The number of imidazole rings is 1. The predicted octanol–water partition coefficient (Wildman–Crippen LogP) is 3.70. The molecular weight excluding hydrogens is 390 g/mol. The molecule has 2 aromatic carbocycles. The van der Waals surface area contributed by atoms with E-state index in [1.165, 1.54) is 0 Å². The van der Waals surface area contributed by atoms with Crippen LogP contribution in [0, 0.1) is 12.8 Å². The number of hydrogen-bond acceptors (Lipinski definition) is 4. The van der Waals surface area contributed by atoms with Gasteiger partial charge in [0.25, 0.3) is 0 Å². The molecule has 1 fully saturated rings. The minimum atomic E-state index is -0.393. The minimum absolute atomic E-state index is 0.0333. The first-order valence-corrected chi connectivity index (χ1v) is 10.2. The van der Waals surface area contributed by atoms with Gasteiger partial charge in [-0.05, 0) is 36.8 Å². The molecule has 31 heavy (non-hydrogen) atoms. The number of fused-ring (bicyclic) bond motifs is 1. The van der Waals surface area contributed by atoms with Crippen LogP contribution in [0.5, 0.6) is 0 Å². The summed E-state index contributed by atoms with van der Waals surface area (Å²) in [5.41, 5.74) is 4.16. The number of benzene rings is 2. The summed E-state index contributed by atoms with van der Waals surface area (Å²) in [6, 6.07) is 17.1. The van der Waals surface area contributed by atoms with E-state index in [-0.39, 0.29) is 18.2 Å². The van der Waals surface area contributed by atoms with Crippen molar-refractivity contribution < 1.29 is 9.59 Å². The highest BCUT2D eigenvalue weighted by molar-refractivity contribution is 6.03. The van der Waals surface area contributed by atoms with Crippen molar-refractivity contribution in [1.82, 2.24) is 14.4 Å². The van der Waals surface area contributed by atoms with Gasteiger partial charge < -0.3 is 10.2 Å². The smallest absolute Gasteiger partial charge is 0.234 e. The van der Waals surface area contributed by atoms with E-state index in [4.69, 9.17) is 0 Å². The van der Waals surface area contributed by atoms with Gasteiger partial charge in [-0.25, -0.2) is 9.97 Å². The van der Waals surface area contributed by atoms with Crippen molar-refractivity contribution in [2.75, 3.05) is 16.8 Å². The van der Waals surface area contributed by atoms with Gasteiger partial charge in [0, 0.05) is 48.5 Å². The Morgan fingerprint density at radius 1 is 1.13 bits per heavy atom. The topological polar surface area (TPSA) is 79.6 Å². The first-order valence-electron chi connectivity index (χ1n) is 10.2. The van der Waals surface area contributed by atoms with Gasteiger partial charge in [-0.1, -0.05) is 30.3 Å². The van der Waals surface area contributed by atoms with Crippen LogP contribution in [0.25, 0.3) is 17.0 Å². The van der Waals surface area contributed by atoms with Gasteiger partial charge in [-0.2, -0.15) is 0 Å². The SMILES string of the molecule is Cc1ccc(-c2cn3cccnc3n2)cc1NC(=O)[C@H]1CC(=O)N(c2ccccc2)C1. The Balaban J connectivity index is 1.35. The fourth-order valence-corrected chi connectivity index (χ4v) is 3.86. The van der Waals surface area contributed by atoms with Gasteiger partial charge in [0.15, 0.2) is 0 Å². The van der Waals surface area contributed by atoms with E-state index in [0.29, 0.717) is 12.3 Å². The highest BCUT2D eigenvalue weighted by Gasteiger charge is 2.35. The Bertz CT molecular complexity index is 1250. The third-order valence-corrected chi connectivity index (χ3v) is 5.59. The summed E-state index contributed by atoms with van der Waals surface area (Å²) in [6.45, 7) is 2.33. The van der Waals surface area contributed by atoms with E-state index in [1.54, 1.807) is 11.1 Å². The summed E-state index contributed by atoms with van der Waals surface area (Å²) in [6.07, 6.45) is 5.71. The average Bonchev–Trinajstić information content (AvgIpc) is 3.39. The molecule has 0 radical (unpaired) electrons. The summed E-state index contributed by atoms with van der Waals surface area (Å²) in [5.74, 6) is 0.0435. The maximum Gasteiger partial charge on any atom is 0.234 e. The largest absolute Gasteiger partial charge is 0.326 e. The standard InChI is InChI=1S/C24H21N5O2/c1-16-8-9-17(21-15-28-11-5-10-25-24(28)27-21)12-20(16)26-23(31)18-13-22(30)29(14-18)19-6-3-2-4-7-19/h2-12,15,18H,13-14H2,1H3,(H,26,31)/t18-/m0/s1. The lowest BCUT2D eigenvalue weighted by Crippen LogP contribution is -2.28. The molecule has 3 heterocycles. The lowest BCUT2D eigenvalue weighted by atomic mass is 10.1. The Labute approximate surface area is 179 Å². The van der Waals surface area contributed by atoms with Crippen LogP contribution in [-0.2, 0) is 9.59 Å². The van der Waals surface area contributed by atoms with Crippen LogP contribution in [0.3, 0.4) is 0 Å². The summed E-state index contributed by atoms with van der Waals surface area (Å²) >= 11 is 0. The molecule has 0 saturated carbocycles. The molecule has 1 saturated heterocycles. The molecule has 0 spiro atoms. The lowest BCUT2D eigenvalue weighted by molar-refractivity contribution is -0.122. The number of anilines is 2. The normalized spacial score (nSPS) is 16.1. The first kappa shape index (κ1) is 19.0. The molecule has 0 aliphatic carbocycles. The predicted molar refractivity (Wildman–Crippen MR) is 119 cm³/mol. The number of rotatable bonds is 4. The number of amides is 2. The van der Waals surface area contributed by atoms with Crippen molar-refractivity contribution in [1.29, 1.82) is 0 Å².